The molecule has 2 N–H and O–H groups in total. The Labute approximate surface area is 197 Å². The summed E-state index contributed by atoms with van der Waals surface area (Å²) in [6.45, 7) is 0. The fraction of sp³-hybridized carbons (Fsp3) is 0.269. The molecule has 0 saturated carbocycles. The number of nitrogens with one attached hydrogen (secondary N) is 2. The first-order valence-electron chi connectivity index (χ1n) is 10.8. The number of rotatable bonds is 5. The molecule has 33 heavy (non-hydrogen) atoms. The number of para-hydroxylation sites is 2. The van der Waals surface area contributed by atoms with Gasteiger partial charge in [-0.1, -0.05) is 18.2 Å². The van der Waals surface area contributed by atoms with Gasteiger partial charge in [0.05, 0.1) is 38.7 Å². The fourth-order valence-corrected chi connectivity index (χ4v) is 5.56. The summed E-state index contributed by atoms with van der Waals surface area (Å²) in [6.07, 6.45) is 1.24. The summed E-state index contributed by atoms with van der Waals surface area (Å²) < 4.78 is 16.8. The van der Waals surface area contributed by atoms with Gasteiger partial charge in [-0.05, 0) is 36.1 Å². The molecule has 0 amide bonds. The summed E-state index contributed by atoms with van der Waals surface area (Å²) in [6, 6.07) is 15.5. The molecule has 0 bridgehead atoms. The first kappa shape index (κ1) is 21.4. The van der Waals surface area contributed by atoms with E-state index in [-0.39, 0.29) is 11.7 Å². The number of fused-ring (bicyclic) bond motifs is 1. The van der Waals surface area contributed by atoms with E-state index in [1.807, 2.05) is 42.5 Å². The lowest BCUT2D eigenvalue weighted by Crippen LogP contribution is -2.27. The van der Waals surface area contributed by atoms with Crippen LogP contribution in [0.25, 0.3) is 0 Å². The van der Waals surface area contributed by atoms with Gasteiger partial charge in [-0.25, -0.2) is 0 Å². The van der Waals surface area contributed by atoms with Crippen LogP contribution in [0, 0.1) is 0 Å². The van der Waals surface area contributed by atoms with Crippen molar-refractivity contribution < 1.29 is 19.0 Å². The van der Waals surface area contributed by atoms with E-state index < -0.39 is 6.04 Å². The predicted octanol–water partition coefficient (Wildman–Crippen LogP) is 5.75. The van der Waals surface area contributed by atoms with Crippen molar-refractivity contribution in [3.63, 3.8) is 0 Å². The van der Waals surface area contributed by atoms with Gasteiger partial charge in [0.2, 0.25) is 0 Å². The molecule has 2 heterocycles. The Morgan fingerprint density at radius 3 is 2.30 bits per heavy atom. The Morgan fingerprint density at radius 2 is 1.61 bits per heavy atom. The molecule has 1 aliphatic carbocycles. The van der Waals surface area contributed by atoms with Gasteiger partial charge < -0.3 is 24.8 Å². The van der Waals surface area contributed by atoms with Gasteiger partial charge in [0.15, 0.2) is 17.3 Å². The maximum atomic E-state index is 13.7. The molecule has 0 saturated heterocycles. The zero-order valence-corrected chi connectivity index (χ0v) is 19.6. The minimum Gasteiger partial charge on any atom is -0.496 e. The molecule has 0 spiro atoms. The van der Waals surface area contributed by atoms with Crippen molar-refractivity contribution in [3.05, 3.63) is 75.6 Å². The number of methoxy groups -OCH3 is 3. The second-order valence-electron chi connectivity index (χ2n) is 8.13. The van der Waals surface area contributed by atoms with Crippen LogP contribution in [0.4, 0.5) is 11.4 Å². The number of hydrogen-bond acceptors (Lipinski definition) is 7. The van der Waals surface area contributed by atoms with Crippen molar-refractivity contribution in [2.24, 2.45) is 0 Å². The highest BCUT2D eigenvalue weighted by Gasteiger charge is 2.37. The second kappa shape index (κ2) is 8.83. The van der Waals surface area contributed by atoms with Crippen LogP contribution in [0.1, 0.15) is 35.2 Å². The summed E-state index contributed by atoms with van der Waals surface area (Å²) >= 11 is 1.71. The maximum Gasteiger partial charge on any atom is 0.164 e. The van der Waals surface area contributed by atoms with E-state index in [0.29, 0.717) is 23.7 Å². The zero-order chi connectivity index (χ0) is 22.9. The molecule has 170 valence electrons. The Bertz CT molecular complexity index is 1220. The Balaban J connectivity index is 1.68. The molecular formula is C26H26N2O4S. The van der Waals surface area contributed by atoms with Gasteiger partial charge in [-0.3, -0.25) is 4.79 Å². The lowest BCUT2D eigenvalue weighted by Gasteiger charge is -2.30. The third-order valence-corrected chi connectivity index (χ3v) is 7.34. The van der Waals surface area contributed by atoms with E-state index >= 15 is 0 Å². The van der Waals surface area contributed by atoms with E-state index in [1.54, 1.807) is 32.7 Å². The molecule has 0 fully saturated rings. The molecule has 7 heteroatoms. The second-order valence-corrected chi connectivity index (χ2v) is 9.11. The van der Waals surface area contributed by atoms with Crippen molar-refractivity contribution >= 4 is 28.5 Å². The molecule has 5 rings (SSSR count). The lowest BCUT2D eigenvalue weighted by molar-refractivity contribution is -0.116. The first-order valence-corrected chi connectivity index (χ1v) is 11.7. The van der Waals surface area contributed by atoms with Gasteiger partial charge in [0, 0.05) is 40.1 Å². The van der Waals surface area contributed by atoms with Crippen molar-refractivity contribution in [1.82, 2.24) is 0 Å². The molecule has 2 atom stereocenters. The number of benzene rings is 2. The quantitative estimate of drug-likeness (QED) is 0.503. The molecule has 2 aliphatic rings. The van der Waals surface area contributed by atoms with Gasteiger partial charge in [-0.2, -0.15) is 0 Å². The van der Waals surface area contributed by atoms with Crippen molar-refractivity contribution in [3.8, 4) is 17.2 Å². The molecule has 6 nitrogen and oxygen atoms in total. The van der Waals surface area contributed by atoms with Gasteiger partial charge in [0.25, 0.3) is 0 Å². The Kier molecular flexibility index (Phi) is 5.72. The zero-order valence-electron chi connectivity index (χ0n) is 18.8. The minimum absolute atomic E-state index is 0.129. The van der Waals surface area contributed by atoms with Gasteiger partial charge in [-0.15, -0.1) is 11.3 Å². The average Bonchev–Trinajstić information content (AvgIpc) is 3.32. The Hall–Kier alpha value is -3.45. The molecule has 1 aromatic heterocycles. The summed E-state index contributed by atoms with van der Waals surface area (Å²) in [5, 5.41) is 9.25. The summed E-state index contributed by atoms with van der Waals surface area (Å²) in [5.41, 5.74) is 4.39. The van der Waals surface area contributed by atoms with Crippen LogP contribution >= 0.6 is 11.3 Å². The number of ether oxygens (including phenoxy) is 3. The molecule has 2 aromatic carbocycles. The average molecular weight is 463 g/mol. The van der Waals surface area contributed by atoms with Crippen LogP contribution < -0.4 is 24.8 Å². The first-order chi connectivity index (χ1) is 16.1. The van der Waals surface area contributed by atoms with Crippen LogP contribution in [0.3, 0.4) is 0 Å². The monoisotopic (exact) mass is 462 g/mol. The highest BCUT2D eigenvalue weighted by atomic mass is 32.1. The highest BCUT2D eigenvalue weighted by Crippen LogP contribution is 2.48. The van der Waals surface area contributed by atoms with Crippen molar-refractivity contribution in [1.29, 1.82) is 0 Å². The number of allylic oxidation sites excluding steroid dienone is 1. The minimum atomic E-state index is -0.400. The van der Waals surface area contributed by atoms with Crippen LogP contribution in [0.5, 0.6) is 17.2 Å². The van der Waals surface area contributed by atoms with E-state index in [0.717, 1.165) is 34.6 Å². The third-order valence-electron chi connectivity index (χ3n) is 6.30. The lowest BCUT2D eigenvalue weighted by atomic mass is 9.80. The maximum absolute atomic E-state index is 13.7. The predicted molar refractivity (Wildman–Crippen MR) is 131 cm³/mol. The van der Waals surface area contributed by atoms with E-state index in [1.165, 1.54) is 4.88 Å². The molecule has 2 unspecified atom stereocenters. The SMILES string of the molecule is COc1cc(OC)c(C2Nc3ccccc3NC3=C2C(=O)CC(c2cccs2)C3)cc1OC. The molecule has 0 radical (unpaired) electrons. The number of ketones is 1. The van der Waals surface area contributed by atoms with Crippen LogP contribution in [-0.4, -0.2) is 27.1 Å². The van der Waals surface area contributed by atoms with E-state index in [9.17, 15) is 4.79 Å². The van der Waals surface area contributed by atoms with Crippen LogP contribution in [0.15, 0.2) is 65.2 Å². The molecule has 1 aliphatic heterocycles. The molecule has 3 aromatic rings. The van der Waals surface area contributed by atoms with Crippen molar-refractivity contribution in [2.75, 3.05) is 32.0 Å². The van der Waals surface area contributed by atoms with Gasteiger partial charge in [0.1, 0.15) is 5.75 Å². The fourth-order valence-electron chi connectivity index (χ4n) is 4.73. The topological polar surface area (TPSA) is 68.8 Å². The largest absolute Gasteiger partial charge is 0.496 e. The normalized spacial score (nSPS) is 19.5. The number of hydrogen-bond donors (Lipinski definition) is 2. The van der Waals surface area contributed by atoms with Crippen molar-refractivity contribution in [2.45, 2.75) is 24.8 Å². The number of carbonyl (C=O) groups is 1. The van der Waals surface area contributed by atoms with E-state index in [2.05, 4.69) is 22.1 Å². The number of carbonyl (C=O) groups excluding carboxylic acids is 1. The standard InChI is InChI=1S/C26H26N2O4S/c1-30-21-14-23(32-3)22(31-2)13-16(21)26-25-19(27-17-7-4-5-8-18(17)28-26)11-15(12-20(25)29)24-9-6-10-33-24/h4-10,13-15,26-28H,11-12H2,1-3H3. The third kappa shape index (κ3) is 3.82. The molecular weight excluding hydrogens is 436 g/mol. The number of anilines is 2. The van der Waals surface area contributed by atoms with E-state index in [4.69, 9.17) is 14.2 Å². The van der Waals surface area contributed by atoms with Crippen LogP contribution in [-0.2, 0) is 4.79 Å². The van der Waals surface area contributed by atoms with Gasteiger partial charge >= 0.3 is 0 Å². The summed E-state index contributed by atoms with van der Waals surface area (Å²) in [7, 11) is 4.82. The Morgan fingerprint density at radius 1 is 0.879 bits per heavy atom. The highest BCUT2D eigenvalue weighted by molar-refractivity contribution is 7.10. The van der Waals surface area contributed by atoms with Crippen LogP contribution in [0.2, 0.25) is 0 Å². The smallest absolute Gasteiger partial charge is 0.164 e. The summed E-state index contributed by atoms with van der Waals surface area (Å²) in [5.74, 6) is 2.09. The number of thiophene rings is 1. The summed E-state index contributed by atoms with van der Waals surface area (Å²) in [4.78, 5) is 14.9. The number of Topliss-reactive ketones (excluding diaryl/α,β-unsaturated/α-hetero) is 1.